The number of carbonyl (C=O) groups excluding carboxylic acids is 1. The molecule has 0 heterocycles. The van der Waals surface area contributed by atoms with Crippen LogP contribution in [-0.4, -0.2) is 33.0 Å². The van der Waals surface area contributed by atoms with Gasteiger partial charge in [0.05, 0.1) is 6.10 Å². The minimum atomic E-state index is -2.10. The summed E-state index contributed by atoms with van der Waals surface area (Å²) in [6.07, 6.45) is 44.9. The van der Waals surface area contributed by atoms with E-state index in [1.54, 1.807) is 5.57 Å². The summed E-state index contributed by atoms with van der Waals surface area (Å²) < 4.78 is 0. The van der Waals surface area contributed by atoms with Gasteiger partial charge >= 0.3 is 0 Å². The van der Waals surface area contributed by atoms with Gasteiger partial charge in [-0.05, 0) is 111 Å². The van der Waals surface area contributed by atoms with Gasteiger partial charge < -0.3 is 15.3 Å². The highest BCUT2D eigenvalue weighted by molar-refractivity contribution is 5.85. The lowest BCUT2D eigenvalue weighted by Gasteiger charge is -2.58. The van der Waals surface area contributed by atoms with Crippen LogP contribution in [0.3, 0.4) is 0 Å². The Balaban J connectivity index is 0.000000316. The van der Waals surface area contributed by atoms with Crippen LogP contribution in [0.2, 0.25) is 0 Å². The maximum atomic E-state index is 12.1. The molecule has 4 aliphatic rings. The number of rotatable bonds is 30. The van der Waals surface area contributed by atoms with Crippen LogP contribution in [0, 0.1) is 46.3 Å². The highest BCUT2D eigenvalue weighted by Crippen LogP contribution is 2.67. The number of aliphatic hydroxyl groups excluding tert-OH is 1. The lowest BCUT2D eigenvalue weighted by Crippen LogP contribution is -2.50. The Kier molecular flexibility index (Phi) is 25.1. The molecule has 1 unspecified atom stereocenters. The van der Waals surface area contributed by atoms with E-state index in [0.29, 0.717) is 17.3 Å². The van der Waals surface area contributed by atoms with Crippen molar-refractivity contribution >= 4 is 5.78 Å². The number of hydrogen-bond acceptors (Lipinski definition) is 4. The van der Waals surface area contributed by atoms with E-state index in [-0.39, 0.29) is 18.3 Å². The first-order chi connectivity index (χ1) is 28.3. The molecule has 0 aromatic heterocycles. The van der Waals surface area contributed by atoms with Crippen molar-refractivity contribution in [2.75, 3.05) is 0 Å². The molecule has 0 bridgehead atoms. The Labute approximate surface area is 367 Å². The average molecular weight is 827 g/mol. The van der Waals surface area contributed by atoms with Crippen LogP contribution >= 0.6 is 0 Å². The van der Waals surface area contributed by atoms with Gasteiger partial charge in [0, 0.05) is 12.8 Å². The van der Waals surface area contributed by atoms with Gasteiger partial charge in [0.25, 0.3) is 0 Å². The summed E-state index contributed by atoms with van der Waals surface area (Å²) in [5, 5.41) is 30.3. The van der Waals surface area contributed by atoms with Gasteiger partial charge in [0.15, 0.2) is 5.78 Å². The fourth-order valence-electron chi connectivity index (χ4n) is 13.0. The zero-order valence-electron chi connectivity index (χ0n) is 40.6. The quantitative estimate of drug-likeness (QED) is 0.0383. The number of hydrogen-bond donors (Lipinski definition) is 3. The van der Waals surface area contributed by atoms with E-state index in [1.165, 1.54) is 161 Å². The monoisotopic (exact) mass is 827 g/mol. The second kappa shape index (κ2) is 28.2. The molecule has 346 valence electrons. The molecule has 8 atom stereocenters. The highest BCUT2D eigenvalue weighted by Gasteiger charge is 2.59. The van der Waals surface area contributed by atoms with Gasteiger partial charge in [-0.3, -0.25) is 4.79 Å². The molecule has 3 saturated carbocycles. The maximum Gasteiger partial charge on any atom is 0.223 e. The standard InChI is InChI=1S/C28H56O3.C27H46O/c1-3-5-7-9-11-12-13-14-15-16-17-18-19-21-23-25-27(29)28(30,31)26-24-22-20-10-8-6-4-2;1-18(2)7-6-8-19(3)23-11-12-24-22-10-9-20-17-21(28)13-15-26(20,4)25(22)14-16-27(23,24)5/h30-31H,3-26H2,1-2H3;9,18-19,21-25,28H,6-8,10-17H2,1-5H3/t;19-,21?,22+,23-,24+,25+,26+,27-/m.1/s1. The molecule has 0 aromatic carbocycles. The first-order valence-corrected chi connectivity index (χ1v) is 26.7. The van der Waals surface area contributed by atoms with E-state index >= 15 is 0 Å². The summed E-state index contributed by atoms with van der Waals surface area (Å²) >= 11 is 0. The third kappa shape index (κ3) is 17.4. The number of fused-ring (bicyclic) bond motifs is 5. The zero-order chi connectivity index (χ0) is 43.2. The van der Waals surface area contributed by atoms with Gasteiger partial charge in [0.1, 0.15) is 0 Å². The van der Waals surface area contributed by atoms with Crippen LogP contribution in [0.4, 0.5) is 0 Å². The summed E-state index contributed by atoms with van der Waals surface area (Å²) in [4.78, 5) is 12.1. The molecule has 0 aliphatic heterocycles. The minimum Gasteiger partial charge on any atom is -0.393 e. The molecule has 0 spiro atoms. The average Bonchev–Trinajstić information content (AvgIpc) is 3.56. The highest BCUT2D eigenvalue weighted by atomic mass is 16.5. The molecular formula is C55H102O4. The molecule has 4 rings (SSSR count). The van der Waals surface area contributed by atoms with E-state index in [0.717, 1.165) is 86.9 Å². The SMILES string of the molecule is CC(C)CCC[C@@H](C)[C@H]1CC[C@H]2[C@@H]3CC=C4CC(O)CC[C@]4(C)[C@H]3CC[C@]12C.CCCCCCCCCCCCCCCCCC(=O)C(O)(O)CCCCCCCCC. The largest absolute Gasteiger partial charge is 0.393 e. The summed E-state index contributed by atoms with van der Waals surface area (Å²) in [5.74, 6) is 2.98. The Morgan fingerprint density at radius 3 is 1.73 bits per heavy atom. The number of Topliss-reactive ketones (excluding diaryl/α,β-unsaturated/α-hetero) is 1. The second-order valence-corrected chi connectivity index (χ2v) is 22.0. The first-order valence-electron chi connectivity index (χ1n) is 26.7. The predicted molar refractivity (Wildman–Crippen MR) is 253 cm³/mol. The number of carbonyl (C=O) groups is 1. The number of aliphatic hydroxyl groups is 3. The van der Waals surface area contributed by atoms with E-state index in [4.69, 9.17) is 0 Å². The molecule has 0 amide bonds. The number of allylic oxidation sites excluding steroid dienone is 1. The van der Waals surface area contributed by atoms with Crippen molar-refractivity contribution in [1.82, 2.24) is 0 Å². The Bertz CT molecular complexity index is 1140. The van der Waals surface area contributed by atoms with Crippen molar-refractivity contribution < 1.29 is 20.1 Å². The summed E-state index contributed by atoms with van der Waals surface area (Å²) in [5.41, 5.74) is 2.60. The topological polar surface area (TPSA) is 77.8 Å². The van der Waals surface area contributed by atoms with Crippen LogP contribution in [0.25, 0.3) is 0 Å². The van der Waals surface area contributed by atoms with Gasteiger partial charge in [-0.25, -0.2) is 0 Å². The van der Waals surface area contributed by atoms with Crippen molar-refractivity contribution in [3.8, 4) is 0 Å². The molecule has 59 heavy (non-hydrogen) atoms. The normalized spacial score (nSPS) is 28.3. The van der Waals surface area contributed by atoms with Gasteiger partial charge in [0.2, 0.25) is 5.79 Å². The van der Waals surface area contributed by atoms with E-state index in [1.807, 2.05) is 0 Å². The smallest absolute Gasteiger partial charge is 0.223 e. The van der Waals surface area contributed by atoms with Gasteiger partial charge in [-0.15, -0.1) is 0 Å². The van der Waals surface area contributed by atoms with Crippen molar-refractivity contribution in [2.45, 2.75) is 285 Å². The van der Waals surface area contributed by atoms with Crippen LogP contribution in [0.5, 0.6) is 0 Å². The number of unbranched alkanes of at least 4 members (excludes halogenated alkanes) is 20. The lowest BCUT2D eigenvalue weighted by atomic mass is 9.47. The van der Waals surface area contributed by atoms with Crippen molar-refractivity contribution in [2.24, 2.45) is 46.3 Å². The predicted octanol–water partition coefficient (Wildman–Crippen LogP) is 16.0. The molecule has 0 aromatic rings. The summed E-state index contributed by atoms with van der Waals surface area (Å²) in [7, 11) is 0. The molecular weight excluding hydrogens is 725 g/mol. The molecule has 4 nitrogen and oxygen atoms in total. The molecule has 0 saturated heterocycles. The van der Waals surface area contributed by atoms with Gasteiger partial charge in [-0.1, -0.05) is 208 Å². The lowest BCUT2D eigenvalue weighted by molar-refractivity contribution is -0.185. The fraction of sp³-hybridized carbons (Fsp3) is 0.945. The fourth-order valence-corrected chi connectivity index (χ4v) is 13.0. The van der Waals surface area contributed by atoms with E-state index < -0.39 is 5.79 Å². The molecule has 4 aliphatic carbocycles. The Morgan fingerprint density at radius 2 is 1.19 bits per heavy atom. The molecule has 3 fully saturated rings. The third-order valence-electron chi connectivity index (χ3n) is 16.9. The zero-order valence-corrected chi connectivity index (χ0v) is 40.6. The third-order valence-corrected chi connectivity index (χ3v) is 16.9. The maximum absolute atomic E-state index is 12.1. The van der Waals surface area contributed by atoms with Crippen molar-refractivity contribution in [3.05, 3.63) is 11.6 Å². The first kappa shape index (κ1) is 52.6. The van der Waals surface area contributed by atoms with Crippen molar-refractivity contribution in [1.29, 1.82) is 0 Å². The Hall–Kier alpha value is -0.710. The van der Waals surface area contributed by atoms with Crippen LogP contribution in [-0.2, 0) is 4.79 Å². The van der Waals surface area contributed by atoms with Crippen molar-refractivity contribution in [3.63, 3.8) is 0 Å². The Morgan fingerprint density at radius 1 is 0.661 bits per heavy atom. The molecule has 4 heteroatoms. The molecule has 3 N–H and O–H groups in total. The second-order valence-electron chi connectivity index (χ2n) is 22.0. The van der Waals surface area contributed by atoms with Crippen LogP contribution in [0.15, 0.2) is 11.6 Å². The molecule has 0 radical (unpaired) electrons. The number of ketones is 1. The van der Waals surface area contributed by atoms with E-state index in [2.05, 4.69) is 54.5 Å². The minimum absolute atomic E-state index is 0.0766. The van der Waals surface area contributed by atoms with E-state index in [9.17, 15) is 20.1 Å². The van der Waals surface area contributed by atoms with Crippen LogP contribution in [0.1, 0.15) is 273 Å². The van der Waals surface area contributed by atoms with Gasteiger partial charge in [-0.2, -0.15) is 0 Å². The summed E-state index contributed by atoms with van der Waals surface area (Å²) in [6.45, 7) is 17.0. The summed E-state index contributed by atoms with van der Waals surface area (Å²) in [6, 6.07) is 0. The van der Waals surface area contributed by atoms with Crippen LogP contribution < -0.4 is 0 Å².